The fourth-order valence-electron chi connectivity index (χ4n) is 2.99. The van der Waals surface area contributed by atoms with Gasteiger partial charge in [-0.15, -0.1) is 0 Å². The van der Waals surface area contributed by atoms with Crippen molar-refractivity contribution in [3.05, 3.63) is 29.3 Å². The first kappa shape index (κ1) is 17.8. The number of carbonyl (C=O) groups is 1. The second kappa shape index (κ2) is 7.79. The minimum atomic E-state index is -0.182. The van der Waals surface area contributed by atoms with Crippen LogP contribution in [0.4, 0.5) is 0 Å². The van der Waals surface area contributed by atoms with Gasteiger partial charge in [-0.25, -0.2) is 0 Å². The number of methoxy groups -OCH3 is 1. The quantitative estimate of drug-likeness (QED) is 0.872. The Kier molecular flexibility index (Phi) is 6.02. The lowest BCUT2D eigenvalue weighted by molar-refractivity contribution is -0.135. The van der Waals surface area contributed by atoms with Gasteiger partial charge in [0.05, 0.1) is 18.8 Å². The van der Waals surface area contributed by atoms with Gasteiger partial charge in [0.25, 0.3) is 5.91 Å². The van der Waals surface area contributed by atoms with Crippen molar-refractivity contribution in [2.24, 2.45) is 0 Å². The molecule has 1 heterocycles. The summed E-state index contributed by atoms with van der Waals surface area (Å²) in [5.74, 6) is 0.978. The van der Waals surface area contributed by atoms with E-state index < -0.39 is 0 Å². The van der Waals surface area contributed by atoms with Crippen LogP contribution in [0.25, 0.3) is 0 Å². The number of carbonyl (C=O) groups excluding carboxylic acids is 1. The maximum atomic E-state index is 12.4. The molecule has 1 aromatic rings. The molecule has 0 aromatic heterocycles. The molecule has 0 spiro atoms. The van der Waals surface area contributed by atoms with Gasteiger partial charge >= 0.3 is 0 Å². The fraction of sp³-hybridized carbons (Fsp3) is 0.611. The zero-order valence-corrected chi connectivity index (χ0v) is 14.4. The summed E-state index contributed by atoms with van der Waals surface area (Å²) < 4.78 is 11.1. The highest BCUT2D eigenvalue weighted by molar-refractivity contribution is 5.78. The monoisotopic (exact) mass is 321 g/mol. The molecular formula is C18H27NO4. The van der Waals surface area contributed by atoms with Gasteiger partial charge in [-0.05, 0) is 36.5 Å². The molecule has 0 bridgehead atoms. The van der Waals surface area contributed by atoms with E-state index in [0.29, 0.717) is 18.9 Å². The average molecular weight is 321 g/mol. The lowest BCUT2D eigenvalue weighted by Crippen LogP contribution is -2.40. The summed E-state index contributed by atoms with van der Waals surface area (Å²) in [6.45, 7) is 6.65. The lowest BCUT2D eigenvalue weighted by atomic mass is 10.0. The molecule has 1 amide bonds. The Morgan fingerprint density at radius 3 is 2.78 bits per heavy atom. The molecule has 0 saturated carbocycles. The van der Waals surface area contributed by atoms with Gasteiger partial charge < -0.3 is 19.5 Å². The molecule has 1 fully saturated rings. The van der Waals surface area contributed by atoms with E-state index in [4.69, 9.17) is 9.47 Å². The van der Waals surface area contributed by atoms with Gasteiger partial charge in [0, 0.05) is 13.7 Å². The summed E-state index contributed by atoms with van der Waals surface area (Å²) in [5.41, 5.74) is 2.20. The van der Waals surface area contributed by atoms with Crippen molar-refractivity contribution in [1.82, 2.24) is 4.90 Å². The zero-order valence-electron chi connectivity index (χ0n) is 14.4. The van der Waals surface area contributed by atoms with E-state index in [1.54, 1.807) is 12.0 Å². The van der Waals surface area contributed by atoms with Crippen LogP contribution in [0, 0.1) is 6.92 Å². The summed E-state index contributed by atoms with van der Waals surface area (Å²) in [6.07, 6.45) is 0.654. The Morgan fingerprint density at radius 2 is 2.17 bits per heavy atom. The Bertz CT molecular complexity index is 544. The Labute approximate surface area is 138 Å². The third kappa shape index (κ3) is 4.24. The largest absolute Gasteiger partial charge is 0.483 e. The van der Waals surface area contributed by atoms with Crippen LogP contribution in [0.15, 0.2) is 18.2 Å². The maximum absolute atomic E-state index is 12.4. The van der Waals surface area contributed by atoms with Crippen molar-refractivity contribution in [3.8, 4) is 5.75 Å². The molecule has 1 aliphatic rings. The zero-order chi connectivity index (χ0) is 17.0. The number of hydrogen-bond donors (Lipinski definition) is 1. The number of amides is 1. The number of likely N-dealkylation sites (tertiary alicyclic amines) is 1. The minimum Gasteiger partial charge on any atom is -0.483 e. The molecule has 1 N–H and O–H groups in total. The van der Waals surface area contributed by atoms with Crippen LogP contribution in [0.2, 0.25) is 0 Å². The van der Waals surface area contributed by atoms with Crippen molar-refractivity contribution < 1.29 is 19.4 Å². The minimum absolute atomic E-state index is 0.0127. The molecule has 1 aliphatic heterocycles. The standard InChI is InChI=1S/C18H27NO4/c1-12(2)16-6-5-13(3)7-17(16)23-11-18(21)19-9-15(22-4)8-14(19)10-20/h5-7,12,14-15,20H,8-11H2,1-4H3/t14-,15-/m0/s1. The molecule has 0 unspecified atom stereocenters. The molecular weight excluding hydrogens is 294 g/mol. The number of aliphatic hydroxyl groups is 1. The van der Waals surface area contributed by atoms with E-state index in [0.717, 1.165) is 16.9 Å². The van der Waals surface area contributed by atoms with Crippen LogP contribution >= 0.6 is 0 Å². The molecule has 1 saturated heterocycles. The number of hydrogen-bond acceptors (Lipinski definition) is 4. The second-order valence-electron chi connectivity index (χ2n) is 6.46. The maximum Gasteiger partial charge on any atom is 0.260 e. The topological polar surface area (TPSA) is 59.0 Å². The van der Waals surface area contributed by atoms with Crippen molar-refractivity contribution in [3.63, 3.8) is 0 Å². The molecule has 2 rings (SSSR count). The van der Waals surface area contributed by atoms with E-state index in [9.17, 15) is 9.90 Å². The molecule has 2 atom stereocenters. The normalized spacial score (nSPS) is 21.0. The van der Waals surface area contributed by atoms with Crippen LogP contribution in [-0.4, -0.2) is 54.9 Å². The van der Waals surface area contributed by atoms with Crippen molar-refractivity contribution in [2.75, 3.05) is 26.9 Å². The molecule has 128 valence electrons. The van der Waals surface area contributed by atoms with Crippen molar-refractivity contribution in [2.45, 2.75) is 45.3 Å². The number of rotatable bonds is 6. The van der Waals surface area contributed by atoms with Gasteiger partial charge in [-0.2, -0.15) is 0 Å². The molecule has 23 heavy (non-hydrogen) atoms. The van der Waals surface area contributed by atoms with E-state index in [1.807, 2.05) is 19.1 Å². The number of ether oxygens (including phenoxy) is 2. The number of aryl methyl sites for hydroxylation is 1. The first-order valence-corrected chi connectivity index (χ1v) is 8.12. The molecule has 0 radical (unpaired) electrons. The fourth-order valence-corrected chi connectivity index (χ4v) is 2.99. The number of nitrogens with zero attached hydrogens (tertiary/aromatic N) is 1. The van der Waals surface area contributed by atoms with Gasteiger partial charge in [0.15, 0.2) is 6.61 Å². The molecule has 1 aromatic carbocycles. The summed E-state index contributed by atoms with van der Waals surface area (Å²) in [5, 5.41) is 9.45. The van der Waals surface area contributed by atoms with Crippen molar-refractivity contribution in [1.29, 1.82) is 0 Å². The number of benzene rings is 1. The Balaban J connectivity index is 2.03. The van der Waals surface area contributed by atoms with Gasteiger partial charge in [-0.1, -0.05) is 26.0 Å². The third-order valence-electron chi connectivity index (χ3n) is 4.38. The van der Waals surface area contributed by atoms with Crippen LogP contribution in [-0.2, 0) is 9.53 Å². The molecule has 5 heteroatoms. The van der Waals surface area contributed by atoms with Crippen LogP contribution in [0.3, 0.4) is 0 Å². The van der Waals surface area contributed by atoms with Gasteiger partial charge in [0.1, 0.15) is 5.75 Å². The second-order valence-corrected chi connectivity index (χ2v) is 6.46. The lowest BCUT2D eigenvalue weighted by Gasteiger charge is -2.23. The van der Waals surface area contributed by atoms with Crippen LogP contribution in [0.5, 0.6) is 5.75 Å². The third-order valence-corrected chi connectivity index (χ3v) is 4.38. The van der Waals surface area contributed by atoms with Gasteiger partial charge in [-0.3, -0.25) is 4.79 Å². The Morgan fingerprint density at radius 1 is 1.43 bits per heavy atom. The van der Waals surface area contributed by atoms with E-state index in [2.05, 4.69) is 19.9 Å². The number of aliphatic hydroxyl groups excluding tert-OH is 1. The summed E-state index contributed by atoms with van der Waals surface area (Å²) in [7, 11) is 1.63. The SMILES string of the molecule is CO[C@H]1C[C@@H](CO)N(C(=O)COc2cc(C)ccc2C(C)C)C1. The summed E-state index contributed by atoms with van der Waals surface area (Å²) >= 11 is 0. The van der Waals surface area contributed by atoms with Gasteiger partial charge in [0.2, 0.25) is 0 Å². The highest BCUT2D eigenvalue weighted by Gasteiger charge is 2.34. The predicted molar refractivity (Wildman–Crippen MR) is 88.8 cm³/mol. The summed E-state index contributed by atoms with van der Waals surface area (Å²) in [4.78, 5) is 14.1. The predicted octanol–water partition coefficient (Wildman–Crippen LogP) is 2.11. The molecule has 0 aliphatic carbocycles. The van der Waals surface area contributed by atoms with E-state index in [-0.39, 0.29) is 31.3 Å². The van der Waals surface area contributed by atoms with E-state index >= 15 is 0 Å². The smallest absolute Gasteiger partial charge is 0.260 e. The Hall–Kier alpha value is -1.59. The van der Waals surface area contributed by atoms with Crippen molar-refractivity contribution >= 4 is 5.91 Å². The average Bonchev–Trinajstić information content (AvgIpc) is 2.95. The highest BCUT2D eigenvalue weighted by Crippen LogP contribution is 2.28. The first-order valence-electron chi connectivity index (χ1n) is 8.12. The molecule has 5 nitrogen and oxygen atoms in total. The highest BCUT2D eigenvalue weighted by atomic mass is 16.5. The van der Waals surface area contributed by atoms with E-state index in [1.165, 1.54) is 0 Å². The first-order chi connectivity index (χ1) is 11.0. The summed E-state index contributed by atoms with van der Waals surface area (Å²) in [6, 6.07) is 5.88. The van der Waals surface area contributed by atoms with Crippen LogP contribution in [0.1, 0.15) is 37.3 Å². The van der Waals surface area contributed by atoms with Crippen LogP contribution < -0.4 is 4.74 Å².